The molecule has 4 rings (SSSR count). The molecule has 1 N–H and O–H groups in total. The molecular weight excluding hydrogens is 385 g/mol. The van der Waals surface area contributed by atoms with Gasteiger partial charge in [-0.05, 0) is 47.5 Å². The highest BCUT2D eigenvalue weighted by molar-refractivity contribution is 7.98. The number of thioether (sulfide) groups is 1. The van der Waals surface area contributed by atoms with Crippen molar-refractivity contribution < 1.29 is 9.13 Å². The molecule has 0 spiro atoms. The molecule has 4 nitrogen and oxygen atoms in total. The predicted molar refractivity (Wildman–Crippen MR) is 116 cm³/mol. The number of anilines is 1. The van der Waals surface area contributed by atoms with Crippen molar-refractivity contribution in [2.24, 2.45) is 0 Å². The van der Waals surface area contributed by atoms with E-state index in [1.165, 1.54) is 23.9 Å². The van der Waals surface area contributed by atoms with Crippen LogP contribution in [0, 0.1) is 5.82 Å². The van der Waals surface area contributed by atoms with E-state index < -0.39 is 0 Å². The summed E-state index contributed by atoms with van der Waals surface area (Å²) in [7, 11) is 1.66. The molecule has 0 radical (unpaired) electrons. The Labute approximate surface area is 173 Å². The molecule has 0 aliphatic heterocycles. The number of aromatic nitrogens is 2. The molecular formula is C23H20FN3OS. The third-order valence-corrected chi connectivity index (χ3v) is 5.40. The van der Waals surface area contributed by atoms with Crippen LogP contribution in [0.15, 0.2) is 78.0 Å². The summed E-state index contributed by atoms with van der Waals surface area (Å²) in [6.45, 7) is 0.646. The monoisotopic (exact) mass is 405 g/mol. The van der Waals surface area contributed by atoms with Crippen LogP contribution in [0.4, 0.5) is 10.2 Å². The van der Waals surface area contributed by atoms with Gasteiger partial charge < -0.3 is 10.1 Å². The van der Waals surface area contributed by atoms with Crippen LogP contribution >= 0.6 is 11.8 Å². The van der Waals surface area contributed by atoms with Gasteiger partial charge in [0.15, 0.2) is 5.16 Å². The molecule has 0 bridgehead atoms. The molecule has 6 heteroatoms. The van der Waals surface area contributed by atoms with Gasteiger partial charge in [0.1, 0.15) is 17.4 Å². The van der Waals surface area contributed by atoms with E-state index in [9.17, 15) is 4.39 Å². The maximum atomic E-state index is 13.1. The van der Waals surface area contributed by atoms with Crippen LogP contribution in [0.2, 0.25) is 0 Å². The minimum absolute atomic E-state index is 0.231. The van der Waals surface area contributed by atoms with Crippen molar-refractivity contribution in [1.29, 1.82) is 0 Å². The zero-order valence-corrected chi connectivity index (χ0v) is 16.7. The van der Waals surface area contributed by atoms with Crippen molar-refractivity contribution in [2.75, 3.05) is 12.4 Å². The van der Waals surface area contributed by atoms with Crippen molar-refractivity contribution >= 4 is 28.5 Å². The highest BCUT2D eigenvalue weighted by atomic mass is 32.2. The fourth-order valence-corrected chi connectivity index (χ4v) is 3.72. The smallest absolute Gasteiger partial charge is 0.190 e. The van der Waals surface area contributed by atoms with Crippen molar-refractivity contribution in [1.82, 2.24) is 9.97 Å². The summed E-state index contributed by atoms with van der Waals surface area (Å²) in [4.78, 5) is 9.39. The normalized spacial score (nSPS) is 10.8. The van der Waals surface area contributed by atoms with Crippen LogP contribution in [0.25, 0.3) is 10.9 Å². The minimum Gasteiger partial charge on any atom is -0.497 e. The molecule has 1 aromatic heterocycles. The quantitative estimate of drug-likeness (QED) is 0.316. The van der Waals surface area contributed by atoms with Crippen LogP contribution in [0.5, 0.6) is 5.75 Å². The predicted octanol–water partition coefficient (Wildman–Crippen LogP) is 5.68. The Morgan fingerprint density at radius 3 is 2.38 bits per heavy atom. The summed E-state index contributed by atoms with van der Waals surface area (Å²) in [6.07, 6.45) is 0. The van der Waals surface area contributed by atoms with Crippen LogP contribution in [0.1, 0.15) is 11.1 Å². The van der Waals surface area contributed by atoms with Crippen LogP contribution in [-0.2, 0) is 12.3 Å². The molecule has 0 saturated heterocycles. The molecule has 3 aromatic carbocycles. The number of nitrogens with one attached hydrogen (secondary N) is 1. The van der Waals surface area contributed by atoms with Crippen LogP contribution in [0.3, 0.4) is 0 Å². The SMILES string of the molecule is COc1ccc(CNc2nc(SCc3ccc(F)cc3)nc3ccccc23)cc1. The molecule has 0 fully saturated rings. The first-order valence-electron chi connectivity index (χ1n) is 9.22. The van der Waals surface area contributed by atoms with Gasteiger partial charge in [-0.15, -0.1) is 0 Å². The Bertz CT molecular complexity index is 1100. The molecule has 1 heterocycles. The maximum Gasteiger partial charge on any atom is 0.190 e. The third kappa shape index (κ3) is 4.84. The summed E-state index contributed by atoms with van der Waals surface area (Å²) in [5, 5.41) is 5.10. The Kier molecular flexibility index (Phi) is 5.91. The fourth-order valence-electron chi connectivity index (χ4n) is 2.91. The lowest BCUT2D eigenvalue weighted by atomic mass is 10.2. The van der Waals surface area contributed by atoms with Gasteiger partial charge in [0, 0.05) is 17.7 Å². The number of fused-ring (bicyclic) bond motifs is 1. The minimum atomic E-state index is -0.231. The molecule has 0 aliphatic carbocycles. The number of rotatable bonds is 7. The van der Waals surface area contributed by atoms with Gasteiger partial charge in [0.05, 0.1) is 12.6 Å². The Morgan fingerprint density at radius 1 is 0.897 bits per heavy atom. The van der Waals surface area contributed by atoms with Crippen LogP contribution < -0.4 is 10.1 Å². The second kappa shape index (κ2) is 8.92. The number of nitrogens with zero attached hydrogens (tertiary/aromatic N) is 2. The summed E-state index contributed by atoms with van der Waals surface area (Å²) >= 11 is 1.53. The number of hydrogen-bond donors (Lipinski definition) is 1. The standard InChI is InChI=1S/C23H20FN3OS/c1-28-19-12-8-16(9-13-19)14-25-22-20-4-2-3-5-21(20)26-23(27-22)29-15-17-6-10-18(24)11-7-17/h2-13H,14-15H2,1H3,(H,25,26,27). The topological polar surface area (TPSA) is 47.0 Å². The first kappa shape index (κ1) is 19.2. The first-order valence-corrected chi connectivity index (χ1v) is 10.2. The van der Waals surface area contributed by atoms with Crippen molar-refractivity contribution in [2.45, 2.75) is 17.5 Å². The number of benzene rings is 3. The van der Waals surface area contributed by atoms with Gasteiger partial charge in [-0.2, -0.15) is 0 Å². The zero-order chi connectivity index (χ0) is 20.1. The number of ether oxygens (including phenoxy) is 1. The number of methoxy groups -OCH3 is 1. The molecule has 4 aromatic rings. The van der Waals surface area contributed by atoms with E-state index in [-0.39, 0.29) is 5.82 Å². The largest absolute Gasteiger partial charge is 0.497 e. The zero-order valence-electron chi connectivity index (χ0n) is 15.9. The summed E-state index contributed by atoms with van der Waals surface area (Å²) in [5.74, 6) is 2.08. The molecule has 0 aliphatic rings. The highest BCUT2D eigenvalue weighted by Crippen LogP contribution is 2.27. The lowest BCUT2D eigenvalue weighted by molar-refractivity contribution is 0.414. The van der Waals surface area contributed by atoms with E-state index in [1.807, 2.05) is 48.5 Å². The van der Waals surface area contributed by atoms with Crippen molar-refractivity contribution in [3.8, 4) is 5.75 Å². The molecule has 0 unspecified atom stereocenters. The maximum absolute atomic E-state index is 13.1. The average Bonchev–Trinajstić information content (AvgIpc) is 2.77. The number of hydrogen-bond acceptors (Lipinski definition) is 5. The van der Waals surface area contributed by atoms with Gasteiger partial charge in [-0.25, -0.2) is 14.4 Å². The third-order valence-electron chi connectivity index (χ3n) is 4.48. The van der Waals surface area contributed by atoms with E-state index in [0.717, 1.165) is 33.6 Å². The van der Waals surface area contributed by atoms with Crippen LogP contribution in [-0.4, -0.2) is 17.1 Å². The van der Waals surface area contributed by atoms with E-state index in [4.69, 9.17) is 9.72 Å². The number of para-hydroxylation sites is 1. The average molecular weight is 405 g/mol. The Morgan fingerprint density at radius 2 is 1.62 bits per heavy atom. The second-order valence-corrected chi connectivity index (χ2v) is 7.43. The first-order chi connectivity index (χ1) is 14.2. The van der Waals surface area contributed by atoms with Crippen molar-refractivity contribution in [3.05, 3.63) is 89.7 Å². The van der Waals surface area contributed by atoms with Gasteiger partial charge in [-0.3, -0.25) is 0 Å². The summed E-state index contributed by atoms with van der Waals surface area (Å²) in [6, 6.07) is 22.4. The lowest BCUT2D eigenvalue weighted by Crippen LogP contribution is -2.04. The van der Waals surface area contributed by atoms with Gasteiger partial charge >= 0.3 is 0 Å². The Hall–Kier alpha value is -3.12. The number of halogens is 1. The van der Waals surface area contributed by atoms with Gasteiger partial charge in [0.25, 0.3) is 0 Å². The lowest BCUT2D eigenvalue weighted by Gasteiger charge is -2.11. The molecule has 146 valence electrons. The molecule has 0 saturated carbocycles. The molecule has 29 heavy (non-hydrogen) atoms. The summed E-state index contributed by atoms with van der Waals surface area (Å²) in [5.41, 5.74) is 3.05. The van der Waals surface area contributed by atoms with E-state index in [2.05, 4.69) is 10.3 Å². The summed E-state index contributed by atoms with van der Waals surface area (Å²) < 4.78 is 18.3. The molecule has 0 atom stereocenters. The highest BCUT2D eigenvalue weighted by Gasteiger charge is 2.09. The van der Waals surface area contributed by atoms with Gasteiger partial charge in [0.2, 0.25) is 0 Å². The van der Waals surface area contributed by atoms with E-state index in [0.29, 0.717) is 17.5 Å². The fraction of sp³-hybridized carbons (Fsp3) is 0.130. The molecule has 0 amide bonds. The van der Waals surface area contributed by atoms with E-state index in [1.54, 1.807) is 19.2 Å². The van der Waals surface area contributed by atoms with Crippen molar-refractivity contribution in [3.63, 3.8) is 0 Å². The second-order valence-electron chi connectivity index (χ2n) is 6.49. The Balaban J connectivity index is 1.54. The van der Waals surface area contributed by atoms with E-state index >= 15 is 0 Å². The van der Waals surface area contributed by atoms with Gasteiger partial charge in [-0.1, -0.05) is 48.2 Å².